The summed E-state index contributed by atoms with van der Waals surface area (Å²) in [5, 5.41) is -0.166. The average molecular weight is 226 g/mol. The average Bonchev–Trinajstić information content (AvgIpc) is 2.23. The van der Waals surface area contributed by atoms with Crippen LogP contribution in [0.25, 0.3) is 11.1 Å². The molecule has 0 unspecified atom stereocenters. The molecule has 0 atom stereocenters. The normalized spacial score (nSPS) is 10.3. The molecule has 0 aliphatic rings. The van der Waals surface area contributed by atoms with E-state index in [1.165, 1.54) is 24.4 Å². The van der Waals surface area contributed by atoms with Crippen molar-refractivity contribution in [2.75, 3.05) is 0 Å². The Kier molecular flexibility index (Phi) is 2.64. The molecule has 1 heterocycles. The molecule has 1 aromatic heterocycles. The Balaban J connectivity index is 2.45. The third-order valence-corrected chi connectivity index (χ3v) is 2.25. The van der Waals surface area contributed by atoms with E-state index in [9.17, 15) is 8.78 Å². The lowest BCUT2D eigenvalue weighted by molar-refractivity contribution is 0.622. The van der Waals surface area contributed by atoms with Gasteiger partial charge in [-0.2, -0.15) is 0 Å². The van der Waals surface area contributed by atoms with Crippen LogP contribution in [0.2, 0.25) is 5.15 Å². The van der Waals surface area contributed by atoms with Crippen LogP contribution in [-0.4, -0.2) is 4.98 Å². The maximum Gasteiger partial charge on any atom is 0.164 e. The van der Waals surface area contributed by atoms with Crippen molar-refractivity contribution >= 4 is 11.6 Å². The number of hydrogen-bond donors (Lipinski definition) is 0. The lowest BCUT2D eigenvalue weighted by atomic mass is 10.1. The van der Waals surface area contributed by atoms with E-state index in [4.69, 9.17) is 11.6 Å². The number of aromatic nitrogens is 1. The molecule has 4 heteroatoms. The van der Waals surface area contributed by atoms with Crippen molar-refractivity contribution in [3.8, 4) is 11.1 Å². The van der Waals surface area contributed by atoms with Crippen LogP contribution in [0.15, 0.2) is 36.5 Å². The fourth-order valence-corrected chi connectivity index (χ4v) is 1.32. The first kappa shape index (κ1) is 10.1. The van der Waals surface area contributed by atoms with Gasteiger partial charge < -0.3 is 0 Å². The van der Waals surface area contributed by atoms with Gasteiger partial charge in [-0.1, -0.05) is 23.7 Å². The highest BCUT2D eigenvalue weighted by Gasteiger charge is 2.04. The number of hydrogen-bond acceptors (Lipinski definition) is 1. The molecule has 0 saturated carbocycles. The number of halogens is 3. The minimum atomic E-state index is -0.585. The van der Waals surface area contributed by atoms with Crippen molar-refractivity contribution in [1.29, 1.82) is 0 Å². The zero-order valence-corrected chi connectivity index (χ0v) is 8.30. The third kappa shape index (κ3) is 2.13. The molecule has 0 bridgehead atoms. The first-order valence-electron chi connectivity index (χ1n) is 4.24. The van der Waals surface area contributed by atoms with Gasteiger partial charge in [-0.3, -0.25) is 0 Å². The first-order valence-corrected chi connectivity index (χ1v) is 4.61. The smallest absolute Gasteiger partial charge is 0.164 e. The Bertz CT molecular complexity index is 482. The largest absolute Gasteiger partial charge is 0.241 e. The maximum absolute atomic E-state index is 13.1. The van der Waals surface area contributed by atoms with Crippen LogP contribution in [0, 0.1) is 11.6 Å². The molecule has 2 aromatic rings. The van der Waals surface area contributed by atoms with Crippen LogP contribution in [0.5, 0.6) is 0 Å². The van der Waals surface area contributed by atoms with E-state index in [0.717, 1.165) is 0 Å². The van der Waals surface area contributed by atoms with E-state index in [1.807, 2.05) is 0 Å². The van der Waals surface area contributed by atoms with E-state index in [-0.39, 0.29) is 11.0 Å². The number of pyridine rings is 1. The SMILES string of the molecule is Fc1ccc(-c2cnc(Cl)c(F)c2)cc1. The van der Waals surface area contributed by atoms with E-state index in [0.29, 0.717) is 11.1 Å². The summed E-state index contributed by atoms with van der Waals surface area (Å²) < 4.78 is 25.7. The van der Waals surface area contributed by atoms with Crippen molar-refractivity contribution < 1.29 is 8.78 Å². The van der Waals surface area contributed by atoms with Crippen LogP contribution in [0.3, 0.4) is 0 Å². The summed E-state index contributed by atoms with van der Waals surface area (Å²) in [4.78, 5) is 3.67. The minimum Gasteiger partial charge on any atom is -0.241 e. The van der Waals surface area contributed by atoms with Gasteiger partial charge in [-0.25, -0.2) is 13.8 Å². The lowest BCUT2D eigenvalue weighted by Gasteiger charge is -2.01. The van der Waals surface area contributed by atoms with Gasteiger partial charge in [0.15, 0.2) is 11.0 Å². The summed E-state index contributed by atoms with van der Waals surface area (Å²) >= 11 is 5.45. The summed E-state index contributed by atoms with van der Waals surface area (Å²) in [6, 6.07) is 6.99. The van der Waals surface area contributed by atoms with Crippen LogP contribution in [0.4, 0.5) is 8.78 Å². The van der Waals surface area contributed by atoms with E-state index < -0.39 is 5.82 Å². The third-order valence-electron chi connectivity index (χ3n) is 1.97. The molecule has 0 aliphatic heterocycles. The summed E-state index contributed by atoms with van der Waals surface area (Å²) in [5.74, 6) is -0.917. The molecule has 1 nitrogen and oxygen atoms in total. The molecular formula is C11H6ClF2N. The van der Waals surface area contributed by atoms with Crippen molar-refractivity contribution in [3.63, 3.8) is 0 Å². The van der Waals surface area contributed by atoms with Gasteiger partial charge in [-0.05, 0) is 23.8 Å². The van der Waals surface area contributed by atoms with E-state index in [1.54, 1.807) is 12.1 Å². The predicted octanol–water partition coefficient (Wildman–Crippen LogP) is 3.68. The molecule has 15 heavy (non-hydrogen) atoms. The lowest BCUT2D eigenvalue weighted by Crippen LogP contribution is -1.85. The highest BCUT2D eigenvalue weighted by Crippen LogP contribution is 2.22. The fraction of sp³-hybridized carbons (Fsp3) is 0. The van der Waals surface area contributed by atoms with Crippen LogP contribution in [-0.2, 0) is 0 Å². The standard InChI is InChI=1S/C11H6ClF2N/c12-11-10(14)5-8(6-15-11)7-1-3-9(13)4-2-7/h1-6H. The van der Waals surface area contributed by atoms with Crippen LogP contribution < -0.4 is 0 Å². The van der Waals surface area contributed by atoms with Crippen molar-refractivity contribution in [1.82, 2.24) is 4.98 Å². The van der Waals surface area contributed by atoms with Crippen molar-refractivity contribution in [2.24, 2.45) is 0 Å². The Morgan fingerprint density at radius 1 is 1.00 bits per heavy atom. The summed E-state index contributed by atoms with van der Waals surface area (Å²) in [6.45, 7) is 0. The van der Waals surface area contributed by atoms with Gasteiger partial charge in [0.2, 0.25) is 0 Å². The highest BCUT2D eigenvalue weighted by atomic mass is 35.5. The Morgan fingerprint density at radius 3 is 2.27 bits per heavy atom. The van der Waals surface area contributed by atoms with Gasteiger partial charge in [0, 0.05) is 11.8 Å². The second-order valence-corrected chi connectivity index (χ2v) is 3.36. The van der Waals surface area contributed by atoms with Crippen molar-refractivity contribution in [3.05, 3.63) is 53.3 Å². The molecule has 0 amide bonds. The number of rotatable bonds is 1. The maximum atomic E-state index is 13.1. The number of nitrogens with zero attached hydrogens (tertiary/aromatic N) is 1. The molecular weight excluding hydrogens is 220 g/mol. The minimum absolute atomic E-state index is 0.166. The molecule has 0 spiro atoms. The van der Waals surface area contributed by atoms with Crippen LogP contribution >= 0.6 is 11.6 Å². The summed E-state index contributed by atoms with van der Waals surface area (Å²) in [6.07, 6.45) is 1.44. The highest BCUT2D eigenvalue weighted by molar-refractivity contribution is 6.29. The van der Waals surface area contributed by atoms with Gasteiger partial charge in [0.25, 0.3) is 0 Å². The zero-order valence-electron chi connectivity index (χ0n) is 7.55. The fourth-order valence-electron chi connectivity index (χ4n) is 1.22. The second-order valence-electron chi connectivity index (χ2n) is 3.00. The Morgan fingerprint density at radius 2 is 1.67 bits per heavy atom. The van der Waals surface area contributed by atoms with Gasteiger partial charge in [0.1, 0.15) is 5.82 Å². The molecule has 0 radical (unpaired) electrons. The van der Waals surface area contributed by atoms with E-state index >= 15 is 0 Å². The van der Waals surface area contributed by atoms with E-state index in [2.05, 4.69) is 4.98 Å². The van der Waals surface area contributed by atoms with Gasteiger partial charge in [0.05, 0.1) is 0 Å². The first-order chi connectivity index (χ1) is 7.16. The number of benzene rings is 1. The molecule has 76 valence electrons. The topological polar surface area (TPSA) is 12.9 Å². The quantitative estimate of drug-likeness (QED) is 0.675. The summed E-state index contributed by atoms with van der Waals surface area (Å²) in [5.41, 5.74) is 1.26. The van der Waals surface area contributed by atoms with Crippen molar-refractivity contribution in [2.45, 2.75) is 0 Å². The molecule has 0 aliphatic carbocycles. The monoisotopic (exact) mass is 225 g/mol. The van der Waals surface area contributed by atoms with Gasteiger partial charge >= 0.3 is 0 Å². The molecule has 2 rings (SSSR count). The molecule has 0 fully saturated rings. The Hall–Kier alpha value is -1.48. The summed E-state index contributed by atoms with van der Waals surface area (Å²) in [7, 11) is 0. The van der Waals surface area contributed by atoms with Crippen LogP contribution in [0.1, 0.15) is 0 Å². The molecule has 1 aromatic carbocycles. The van der Waals surface area contributed by atoms with Gasteiger partial charge in [-0.15, -0.1) is 0 Å². The molecule has 0 N–H and O–H groups in total. The Labute approximate surface area is 90.3 Å². The predicted molar refractivity (Wildman–Crippen MR) is 54.6 cm³/mol. The molecule has 0 saturated heterocycles. The zero-order chi connectivity index (χ0) is 10.8. The second kappa shape index (κ2) is 3.95.